The summed E-state index contributed by atoms with van der Waals surface area (Å²) in [7, 11) is 0. The number of Topliss-reactive ketones (excluding diaryl/α,β-unsaturated/α-hetero) is 1. The molecule has 0 radical (unpaired) electrons. The second kappa shape index (κ2) is 6.61. The number of carbonyl (C=O) groups is 1. The molecule has 1 unspecified atom stereocenters. The lowest BCUT2D eigenvalue weighted by Crippen LogP contribution is -2.04. The van der Waals surface area contributed by atoms with Crippen LogP contribution in [0.4, 0.5) is 8.78 Å². The maximum absolute atomic E-state index is 13.1. The highest BCUT2D eigenvalue weighted by atomic mass is 19.2. The Morgan fingerprint density at radius 1 is 1.05 bits per heavy atom. The Kier molecular flexibility index (Phi) is 4.84. The molecular weight excluding hydrogens is 270 g/mol. The highest BCUT2D eigenvalue weighted by Crippen LogP contribution is 2.19. The van der Waals surface area contributed by atoms with Crippen LogP contribution in [0, 0.1) is 11.6 Å². The molecule has 2 rings (SSSR count). The largest absolute Gasteiger partial charge is 0.294 e. The third-order valence-electron chi connectivity index (χ3n) is 3.76. The van der Waals surface area contributed by atoms with E-state index in [1.54, 1.807) is 12.1 Å². The van der Waals surface area contributed by atoms with Crippen molar-refractivity contribution >= 4 is 5.78 Å². The zero-order chi connectivity index (χ0) is 15.4. The van der Waals surface area contributed by atoms with E-state index in [-0.39, 0.29) is 12.2 Å². The van der Waals surface area contributed by atoms with Gasteiger partial charge in [0.2, 0.25) is 0 Å². The van der Waals surface area contributed by atoms with Gasteiger partial charge >= 0.3 is 0 Å². The Labute approximate surface area is 123 Å². The quantitative estimate of drug-likeness (QED) is 0.715. The van der Waals surface area contributed by atoms with Gasteiger partial charge in [-0.25, -0.2) is 8.78 Å². The van der Waals surface area contributed by atoms with E-state index in [2.05, 4.69) is 13.8 Å². The molecule has 2 aromatic rings. The molecular formula is C18H18F2O. The third kappa shape index (κ3) is 3.75. The molecule has 0 spiro atoms. The second-order valence-corrected chi connectivity index (χ2v) is 5.28. The van der Waals surface area contributed by atoms with Gasteiger partial charge in [-0.15, -0.1) is 0 Å². The van der Waals surface area contributed by atoms with Crippen LogP contribution in [0.25, 0.3) is 0 Å². The molecule has 1 atom stereocenters. The van der Waals surface area contributed by atoms with E-state index in [0.717, 1.165) is 18.6 Å². The predicted molar refractivity (Wildman–Crippen MR) is 79.5 cm³/mol. The van der Waals surface area contributed by atoms with Crippen LogP contribution in [-0.4, -0.2) is 5.78 Å². The molecule has 0 fully saturated rings. The van der Waals surface area contributed by atoms with Crippen LogP contribution < -0.4 is 0 Å². The van der Waals surface area contributed by atoms with Crippen LogP contribution in [-0.2, 0) is 6.42 Å². The summed E-state index contributed by atoms with van der Waals surface area (Å²) >= 11 is 0. The summed E-state index contributed by atoms with van der Waals surface area (Å²) < 4.78 is 26.0. The Bertz CT molecular complexity index is 632. The average Bonchev–Trinajstić information content (AvgIpc) is 2.50. The van der Waals surface area contributed by atoms with Gasteiger partial charge < -0.3 is 0 Å². The zero-order valence-electron chi connectivity index (χ0n) is 12.2. The van der Waals surface area contributed by atoms with E-state index in [1.165, 1.54) is 11.6 Å². The lowest BCUT2D eigenvalue weighted by atomic mass is 9.95. The molecule has 0 saturated carbocycles. The van der Waals surface area contributed by atoms with Crippen molar-refractivity contribution in [2.24, 2.45) is 0 Å². The first kappa shape index (κ1) is 15.4. The minimum absolute atomic E-state index is 0.0693. The van der Waals surface area contributed by atoms with E-state index in [1.807, 2.05) is 12.1 Å². The number of ketones is 1. The number of halogens is 2. The van der Waals surface area contributed by atoms with Crippen molar-refractivity contribution in [3.63, 3.8) is 0 Å². The van der Waals surface area contributed by atoms with Gasteiger partial charge in [0.1, 0.15) is 0 Å². The SMILES string of the molecule is CCC(C)c1ccc(C(=O)Cc2ccc(F)c(F)c2)cc1. The molecule has 21 heavy (non-hydrogen) atoms. The van der Waals surface area contributed by atoms with E-state index >= 15 is 0 Å². The highest BCUT2D eigenvalue weighted by Gasteiger charge is 2.10. The summed E-state index contributed by atoms with van der Waals surface area (Å²) in [5.74, 6) is -1.46. The summed E-state index contributed by atoms with van der Waals surface area (Å²) in [5, 5.41) is 0. The lowest BCUT2D eigenvalue weighted by Gasteiger charge is -2.09. The first-order valence-corrected chi connectivity index (χ1v) is 7.08. The number of benzene rings is 2. The topological polar surface area (TPSA) is 17.1 Å². The summed E-state index contributed by atoms with van der Waals surface area (Å²) in [6, 6.07) is 11.0. The first-order valence-electron chi connectivity index (χ1n) is 7.08. The van der Waals surface area contributed by atoms with Crippen molar-refractivity contribution < 1.29 is 13.6 Å². The van der Waals surface area contributed by atoms with Crippen LogP contribution in [0.3, 0.4) is 0 Å². The minimum Gasteiger partial charge on any atom is -0.294 e. The van der Waals surface area contributed by atoms with E-state index in [9.17, 15) is 13.6 Å². The zero-order valence-corrected chi connectivity index (χ0v) is 12.2. The second-order valence-electron chi connectivity index (χ2n) is 5.28. The highest BCUT2D eigenvalue weighted by molar-refractivity contribution is 5.97. The van der Waals surface area contributed by atoms with Crippen molar-refractivity contribution in [2.45, 2.75) is 32.6 Å². The van der Waals surface area contributed by atoms with Crippen LogP contribution in [0.15, 0.2) is 42.5 Å². The van der Waals surface area contributed by atoms with Crippen molar-refractivity contribution in [1.29, 1.82) is 0 Å². The lowest BCUT2D eigenvalue weighted by molar-refractivity contribution is 0.0993. The average molecular weight is 288 g/mol. The molecule has 0 bridgehead atoms. The third-order valence-corrected chi connectivity index (χ3v) is 3.76. The standard InChI is InChI=1S/C18H18F2O/c1-3-12(2)14-5-7-15(8-6-14)18(21)11-13-4-9-16(19)17(20)10-13/h4-10,12H,3,11H2,1-2H3. The molecule has 0 aliphatic carbocycles. The molecule has 0 aliphatic rings. The fraction of sp³-hybridized carbons (Fsp3) is 0.278. The summed E-state index contributed by atoms with van der Waals surface area (Å²) in [6.07, 6.45) is 1.11. The fourth-order valence-electron chi connectivity index (χ4n) is 2.17. The Morgan fingerprint density at radius 2 is 1.71 bits per heavy atom. The van der Waals surface area contributed by atoms with Gasteiger partial charge in [0, 0.05) is 12.0 Å². The number of hydrogen-bond donors (Lipinski definition) is 0. The fourth-order valence-corrected chi connectivity index (χ4v) is 2.17. The number of carbonyl (C=O) groups excluding carboxylic acids is 1. The molecule has 0 N–H and O–H groups in total. The molecule has 2 aromatic carbocycles. The van der Waals surface area contributed by atoms with Crippen LogP contribution >= 0.6 is 0 Å². The van der Waals surface area contributed by atoms with Gasteiger partial charge in [-0.1, -0.05) is 44.2 Å². The van der Waals surface area contributed by atoms with Crippen LogP contribution in [0.5, 0.6) is 0 Å². The van der Waals surface area contributed by atoms with Gasteiger partial charge in [-0.2, -0.15) is 0 Å². The smallest absolute Gasteiger partial charge is 0.167 e. The Balaban J connectivity index is 2.11. The van der Waals surface area contributed by atoms with Crippen molar-refractivity contribution in [2.75, 3.05) is 0 Å². The number of rotatable bonds is 5. The normalized spacial score (nSPS) is 12.2. The molecule has 0 aromatic heterocycles. The summed E-state index contributed by atoms with van der Waals surface area (Å²) in [5.41, 5.74) is 2.26. The maximum atomic E-state index is 13.1. The van der Waals surface area contributed by atoms with Gasteiger partial charge in [0.15, 0.2) is 17.4 Å². The first-order chi connectivity index (χ1) is 10.0. The van der Waals surface area contributed by atoms with E-state index in [0.29, 0.717) is 17.0 Å². The van der Waals surface area contributed by atoms with Crippen molar-refractivity contribution in [3.05, 3.63) is 70.8 Å². The van der Waals surface area contributed by atoms with Gasteiger partial charge in [0.05, 0.1) is 0 Å². The van der Waals surface area contributed by atoms with E-state index < -0.39 is 11.6 Å². The van der Waals surface area contributed by atoms with E-state index in [4.69, 9.17) is 0 Å². The monoisotopic (exact) mass is 288 g/mol. The van der Waals surface area contributed by atoms with Gasteiger partial charge in [0.25, 0.3) is 0 Å². The van der Waals surface area contributed by atoms with Gasteiger partial charge in [-0.05, 0) is 35.6 Å². The van der Waals surface area contributed by atoms with Gasteiger partial charge in [-0.3, -0.25) is 4.79 Å². The Morgan fingerprint density at radius 3 is 2.29 bits per heavy atom. The summed E-state index contributed by atoms with van der Waals surface area (Å²) in [6.45, 7) is 4.25. The van der Waals surface area contributed by atoms with Crippen LogP contribution in [0.2, 0.25) is 0 Å². The molecule has 3 heteroatoms. The molecule has 0 amide bonds. The molecule has 0 aliphatic heterocycles. The number of hydrogen-bond acceptors (Lipinski definition) is 1. The Hall–Kier alpha value is -2.03. The van der Waals surface area contributed by atoms with Crippen molar-refractivity contribution in [3.8, 4) is 0 Å². The molecule has 1 nitrogen and oxygen atoms in total. The molecule has 0 heterocycles. The minimum atomic E-state index is -0.924. The predicted octanol–water partition coefficient (Wildman–Crippen LogP) is 4.90. The molecule has 110 valence electrons. The summed E-state index contributed by atoms with van der Waals surface area (Å²) in [4.78, 5) is 12.1. The maximum Gasteiger partial charge on any atom is 0.167 e. The van der Waals surface area contributed by atoms with Crippen molar-refractivity contribution in [1.82, 2.24) is 0 Å². The molecule has 0 saturated heterocycles. The van der Waals surface area contributed by atoms with Crippen LogP contribution in [0.1, 0.15) is 47.7 Å².